The molecule has 0 amide bonds. The maximum Gasteiger partial charge on any atom is 0.233 e. The zero-order chi connectivity index (χ0) is 6.69. The summed E-state index contributed by atoms with van der Waals surface area (Å²) in [6, 6.07) is 7.09. The number of rotatable bonds is 1. The van der Waals surface area contributed by atoms with Crippen LogP contribution in [0.15, 0.2) is 24.3 Å². The number of carbonyl (C=O) groups excluding carboxylic acids is 1. The third kappa shape index (κ3) is 1.17. The average Bonchev–Trinajstić information content (AvgIpc) is 1.89. The summed E-state index contributed by atoms with van der Waals surface area (Å²) < 4.78 is 0. The van der Waals surface area contributed by atoms with E-state index in [-0.39, 0.29) is 0 Å². The Morgan fingerprint density at radius 3 is 2.44 bits per heavy atom. The van der Waals surface area contributed by atoms with Crippen LogP contribution in [0.25, 0.3) is 0 Å². The van der Waals surface area contributed by atoms with Crippen molar-refractivity contribution in [1.82, 2.24) is 0 Å². The van der Waals surface area contributed by atoms with E-state index >= 15 is 0 Å². The highest BCUT2D eigenvalue weighted by atomic mass is 16.1. The summed E-state index contributed by atoms with van der Waals surface area (Å²) in [5.41, 5.74) is 1.27. The monoisotopic (exact) mass is 118 g/mol. The highest BCUT2D eigenvalue weighted by Crippen LogP contribution is 2.01. The zero-order valence-corrected chi connectivity index (χ0v) is 4.92. The molecule has 0 atom stereocenters. The largest absolute Gasteiger partial charge is 0.285 e. The van der Waals surface area contributed by atoms with Gasteiger partial charge in [0.15, 0.2) is 0 Å². The normalized spacial score (nSPS) is 9.00. The molecule has 0 N–H and O–H groups in total. The van der Waals surface area contributed by atoms with Gasteiger partial charge in [0.05, 0.1) is 0 Å². The summed E-state index contributed by atoms with van der Waals surface area (Å²) in [7, 11) is 0. The standard InChI is InChI=1S/C8H6O/c1-7-4-2-3-5-8(7)6-9/h2-5H,1H2. The Kier molecular flexibility index (Phi) is 1.63. The van der Waals surface area contributed by atoms with E-state index in [1.165, 1.54) is 0 Å². The molecule has 1 rings (SSSR count). The van der Waals surface area contributed by atoms with Gasteiger partial charge in [-0.05, 0) is 12.5 Å². The maximum atomic E-state index is 10.1. The van der Waals surface area contributed by atoms with Crippen LogP contribution in [0.4, 0.5) is 0 Å². The molecule has 0 saturated carbocycles. The van der Waals surface area contributed by atoms with Crippen LogP contribution in [-0.4, -0.2) is 6.29 Å². The lowest BCUT2D eigenvalue weighted by Gasteiger charge is -1.91. The molecular weight excluding hydrogens is 112 g/mol. The van der Waals surface area contributed by atoms with Crippen molar-refractivity contribution in [3.8, 4) is 0 Å². The van der Waals surface area contributed by atoms with Crippen LogP contribution in [0, 0.1) is 6.92 Å². The van der Waals surface area contributed by atoms with Crippen molar-refractivity contribution >= 4 is 6.29 Å². The van der Waals surface area contributed by atoms with Gasteiger partial charge in [-0.3, -0.25) is 4.79 Å². The Hall–Kier alpha value is -1.11. The number of benzene rings is 1. The Labute approximate surface area is 54.3 Å². The van der Waals surface area contributed by atoms with E-state index in [0.29, 0.717) is 5.56 Å². The highest BCUT2D eigenvalue weighted by molar-refractivity contribution is 5.77. The van der Waals surface area contributed by atoms with Gasteiger partial charge in [0.1, 0.15) is 0 Å². The molecule has 44 valence electrons. The molecule has 1 aromatic carbocycles. The molecular formula is C8H6O. The maximum absolute atomic E-state index is 10.1. The number of hydrogen-bond donors (Lipinski definition) is 0. The SMILES string of the molecule is [CH2]c1ccccc1[C]=O. The van der Waals surface area contributed by atoms with Crippen molar-refractivity contribution in [3.63, 3.8) is 0 Å². The third-order valence-corrected chi connectivity index (χ3v) is 1.13. The fraction of sp³-hybridized carbons (Fsp3) is 0. The Morgan fingerprint density at radius 2 is 2.00 bits per heavy atom. The van der Waals surface area contributed by atoms with Crippen molar-refractivity contribution in [2.45, 2.75) is 0 Å². The average molecular weight is 118 g/mol. The van der Waals surface area contributed by atoms with Crippen LogP contribution in [0.5, 0.6) is 0 Å². The summed E-state index contributed by atoms with van der Waals surface area (Å²) >= 11 is 0. The zero-order valence-electron chi connectivity index (χ0n) is 4.92. The summed E-state index contributed by atoms with van der Waals surface area (Å²) in [6.45, 7) is 3.63. The van der Waals surface area contributed by atoms with E-state index in [1.807, 2.05) is 6.07 Å². The number of hydrogen-bond acceptors (Lipinski definition) is 1. The van der Waals surface area contributed by atoms with Crippen LogP contribution in [0.3, 0.4) is 0 Å². The van der Waals surface area contributed by atoms with E-state index in [4.69, 9.17) is 0 Å². The second kappa shape index (κ2) is 2.44. The van der Waals surface area contributed by atoms with Gasteiger partial charge in [-0.15, -0.1) is 0 Å². The van der Waals surface area contributed by atoms with E-state index in [0.717, 1.165) is 5.56 Å². The summed E-state index contributed by atoms with van der Waals surface area (Å²) in [6.07, 6.45) is 1.78. The van der Waals surface area contributed by atoms with Crippen molar-refractivity contribution in [1.29, 1.82) is 0 Å². The lowest BCUT2D eigenvalue weighted by atomic mass is 10.1. The fourth-order valence-electron chi connectivity index (χ4n) is 0.620. The van der Waals surface area contributed by atoms with Gasteiger partial charge >= 0.3 is 0 Å². The molecule has 9 heavy (non-hydrogen) atoms. The molecule has 0 aliphatic carbocycles. The van der Waals surface area contributed by atoms with Crippen LogP contribution in [-0.2, 0) is 4.79 Å². The molecule has 0 saturated heterocycles. The van der Waals surface area contributed by atoms with Crippen molar-refractivity contribution in [2.24, 2.45) is 0 Å². The summed E-state index contributed by atoms with van der Waals surface area (Å²) in [5, 5.41) is 0. The van der Waals surface area contributed by atoms with Crippen LogP contribution in [0.1, 0.15) is 11.1 Å². The van der Waals surface area contributed by atoms with Crippen molar-refractivity contribution < 1.29 is 4.79 Å². The van der Waals surface area contributed by atoms with Gasteiger partial charge < -0.3 is 0 Å². The summed E-state index contributed by atoms with van der Waals surface area (Å²) in [4.78, 5) is 10.1. The molecule has 0 aliphatic rings. The third-order valence-electron chi connectivity index (χ3n) is 1.13. The topological polar surface area (TPSA) is 17.1 Å². The van der Waals surface area contributed by atoms with E-state index < -0.39 is 0 Å². The predicted molar refractivity (Wildman–Crippen MR) is 35.7 cm³/mol. The Bertz CT molecular complexity index is 216. The molecule has 0 aromatic heterocycles. The predicted octanol–water partition coefficient (Wildman–Crippen LogP) is 1.33. The first kappa shape index (κ1) is 6.02. The lowest BCUT2D eigenvalue weighted by Crippen LogP contribution is -1.82. The fourth-order valence-corrected chi connectivity index (χ4v) is 0.620. The molecule has 1 aromatic rings. The van der Waals surface area contributed by atoms with Gasteiger partial charge in [0.2, 0.25) is 6.29 Å². The minimum atomic E-state index is 0.539. The smallest absolute Gasteiger partial charge is 0.233 e. The van der Waals surface area contributed by atoms with E-state index in [1.54, 1.807) is 24.5 Å². The molecule has 0 heterocycles. The molecule has 0 unspecified atom stereocenters. The molecule has 0 fully saturated rings. The van der Waals surface area contributed by atoms with Crippen LogP contribution < -0.4 is 0 Å². The molecule has 1 heteroatoms. The van der Waals surface area contributed by atoms with Crippen LogP contribution in [0.2, 0.25) is 0 Å². The first-order chi connectivity index (χ1) is 4.34. The molecule has 0 aliphatic heterocycles. The van der Waals surface area contributed by atoms with Crippen LogP contribution >= 0.6 is 0 Å². The van der Waals surface area contributed by atoms with E-state index in [2.05, 4.69) is 6.92 Å². The van der Waals surface area contributed by atoms with Gasteiger partial charge in [0, 0.05) is 5.56 Å². The minimum absolute atomic E-state index is 0.539. The molecule has 1 nitrogen and oxygen atoms in total. The second-order valence-corrected chi connectivity index (χ2v) is 1.76. The Balaban J connectivity index is 3.15. The first-order valence-corrected chi connectivity index (χ1v) is 2.64. The van der Waals surface area contributed by atoms with Gasteiger partial charge in [0.25, 0.3) is 0 Å². The van der Waals surface area contributed by atoms with Crippen molar-refractivity contribution in [3.05, 3.63) is 42.3 Å². The highest BCUT2D eigenvalue weighted by Gasteiger charge is 1.91. The van der Waals surface area contributed by atoms with E-state index in [9.17, 15) is 4.79 Å². The summed E-state index contributed by atoms with van der Waals surface area (Å²) in [5.74, 6) is 0. The minimum Gasteiger partial charge on any atom is -0.285 e. The second-order valence-electron chi connectivity index (χ2n) is 1.76. The van der Waals surface area contributed by atoms with Crippen molar-refractivity contribution in [2.75, 3.05) is 0 Å². The quantitative estimate of drug-likeness (QED) is 0.543. The van der Waals surface area contributed by atoms with Gasteiger partial charge in [-0.2, -0.15) is 0 Å². The molecule has 0 spiro atoms. The molecule has 2 radical (unpaired) electrons. The Morgan fingerprint density at radius 1 is 1.33 bits per heavy atom. The molecule has 0 bridgehead atoms. The lowest BCUT2D eigenvalue weighted by molar-refractivity contribution is 0.562. The van der Waals surface area contributed by atoms with Gasteiger partial charge in [-0.1, -0.05) is 24.3 Å². The first-order valence-electron chi connectivity index (χ1n) is 2.64. The van der Waals surface area contributed by atoms with Gasteiger partial charge in [-0.25, -0.2) is 0 Å².